The molecule has 0 radical (unpaired) electrons. The molecule has 1 aliphatic carbocycles. The van der Waals surface area contributed by atoms with E-state index in [-0.39, 0.29) is 41.4 Å². The van der Waals surface area contributed by atoms with E-state index >= 15 is 0 Å². The van der Waals surface area contributed by atoms with Crippen molar-refractivity contribution in [2.24, 2.45) is 0 Å². The number of anilines is 1. The van der Waals surface area contributed by atoms with Crippen LogP contribution in [0.3, 0.4) is 0 Å². The van der Waals surface area contributed by atoms with Crippen LogP contribution in [0.4, 0.5) is 10.1 Å². The molecule has 1 fully saturated rings. The third-order valence-corrected chi connectivity index (χ3v) is 9.84. The number of nitrogens with one attached hydrogen (secondary N) is 1. The summed E-state index contributed by atoms with van der Waals surface area (Å²) in [5, 5.41) is 3.11. The lowest BCUT2D eigenvalue weighted by Gasteiger charge is -2.34. The lowest BCUT2D eigenvalue weighted by molar-refractivity contribution is -0.139. The number of carbonyl (C=O) groups is 2. The summed E-state index contributed by atoms with van der Waals surface area (Å²) in [5.74, 6) is -0.632. The molecule has 44 heavy (non-hydrogen) atoms. The number of nitrogens with zero attached hydrogens (tertiary/aromatic N) is 2. The van der Waals surface area contributed by atoms with Gasteiger partial charge in [-0.2, -0.15) is 0 Å². The molecule has 234 valence electrons. The number of ether oxygens (including phenoxy) is 2. The third-order valence-electron chi connectivity index (χ3n) is 8.07. The molecule has 1 aliphatic heterocycles. The predicted molar refractivity (Wildman–Crippen MR) is 165 cm³/mol. The molecule has 0 spiro atoms. The highest BCUT2D eigenvalue weighted by Crippen LogP contribution is 2.34. The Labute approximate surface area is 258 Å². The van der Waals surface area contributed by atoms with Crippen LogP contribution < -0.4 is 19.1 Å². The van der Waals surface area contributed by atoms with Crippen LogP contribution in [-0.2, 0) is 26.0 Å². The lowest BCUT2D eigenvalue weighted by Crippen LogP contribution is -2.54. The zero-order valence-electron chi connectivity index (χ0n) is 24.8. The minimum Gasteiger partial charge on any atom is -0.486 e. The Balaban J connectivity index is 1.47. The van der Waals surface area contributed by atoms with Gasteiger partial charge in [-0.1, -0.05) is 50.1 Å². The van der Waals surface area contributed by atoms with E-state index in [9.17, 15) is 22.4 Å². The number of hydrogen-bond donors (Lipinski definition) is 1. The van der Waals surface area contributed by atoms with Crippen LogP contribution in [0, 0.1) is 5.82 Å². The Morgan fingerprint density at radius 1 is 0.955 bits per heavy atom. The van der Waals surface area contributed by atoms with Gasteiger partial charge >= 0.3 is 0 Å². The fraction of sp³-hybridized carbons (Fsp3) is 0.394. The van der Waals surface area contributed by atoms with Gasteiger partial charge in [0.2, 0.25) is 11.8 Å². The fourth-order valence-electron chi connectivity index (χ4n) is 5.71. The van der Waals surface area contributed by atoms with Gasteiger partial charge < -0.3 is 19.7 Å². The van der Waals surface area contributed by atoms with Gasteiger partial charge in [0.25, 0.3) is 10.0 Å². The zero-order chi connectivity index (χ0) is 31.1. The third kappa shape index (κ3) is 7.32. The number of sulfonamides is 1. The number of halogens is 1. The summed E-state index contributed by atoms with van der Waals surface area (Å²) in [6.07, 6.45) is 4.71. The second-order valence-corrected chi connectivity index (χ2v) is 12.9. The number of fused-ring (bicyclic) bond motifs is 1. The molecule has 5 rings (SSSR count). The molecule has 1 saturated carbocycles. The molecule has 0 bridgehead atoms. The van der Waals surface area contributed by atoms with E-state index in [1.54, 1.807) is 0 Å². The maximum absolute atomic E-state index is 14.2. The topological polar surface area (TPSA) is 105 Å². The van der Waals surface area contributed by atoms with Gasteiger partial charge in [-0.25, -0.2) is 12.8 Å². The average molecular weight is 624 g/mol. The van der Waals surface area contributed by atoms with E-state index in [1.165, 1.54) is 35.2 Å². The van der Waals surface area contributed by atoms with Gasteiger partial charge in [-0.3, -0.25) is 13.9 Å². The Hall–Kier alpha value is -4.12. The Morgan fingerprint density at radius 3 is 2.32 bits per heavy atom. The number of hydrogen-bond acceptors (Lipinski definition) is 6. The lowest BCUT2D eigenvalue weighted by atomic mass is 10.1. The second-order valence-electron chi connectivity index (χ2n) is 11.0. The highest BCUT2D eigenvalue weighted by Gasteiger charge is 2.35. The quantitative estimate of drug-likeness (QED) is 0.314. The minimum atomic E-state index is -4.34. The summed E-state index contributed by atoms with van der Waals surface area (Å²) in [4.78, 5) is 29.1. The molecule has 0 unspecified atom stereocenters. The van der Waals surface area contributed by atoms with Crippen LogP contribution in [0.2, 0.25) is 0 Å². The van der Waals surface area contributed by atoms with Crippen molar-refractivity contribution >= 4 is 27.5 Å². The van der Waals surface area contributed by atoms with E-state index in [0.717, 1.165) is 47.7 Å². The number of rotatable bonds is 12. The smallest absolute Gasteiger partial charge is 0.264 e. The molecular weight excluding hydrogens is 585 g/mol. The van der Waals surface area contributed by atoms with Gasteiger partial charge in [0.15, 0.2) is 11.5 Å². The summed E-state index contributed by atoms with van der Waals surface area (Å²) in [6.45, 7) is 2.08. The van der Waals surface area contributed by atoms with Crippen LogP contribution in [0.25, 0.3) is 0 Å². The predicted octanol–water partition coefficient (Wildman–Crippen LogP) is 4.70. The van der Waals surface area contributed by atoms with E-state index in [1.807, 2.05) is 37.3 Å². The Morgan fingerprint density at radius 2 is 1.64 bits per heavy atom. The SMILES string of the molecule is CC[C@H](C(=O)NC1CCCC1)N(CCc1ccccc1)C(=O)CN(c1ccc(F)cc1)S(=O)(=O)c1ccc2c(c1)OCCO2. The van der Waals surface area contributed by atoms with Crippen molar-refractivity contribution in [3.8, 4) is 11.5 Å². The number of benzene rings is 3. The van der Waals surface area contributed by atoms with Crippen LogP contribution in [0.15, 0.2) is 77.7 Å². The standard InChI is InChI=1S/C33H38FN3O6S/c1-2-29(33(39)35-26-10-6-7-11-26)36(19-18-24-8-4-3-5-9-24)32(38)23-37(27-14-12-25(34)13-15-27)44(40,41)28-16-17-30-31(22-28)43-21-20-42-30/h3-5,8-9,12-17,22,26,29H,2,6-7,10-11,18-21,23H2,1H3,(H,35,39)/t29-/m1/s1. The summed E-state index contributed by atoms with van der Waals surface area (Å²) in [5.41, 5.74) is 1.09. The van der Waals surface area contributed by atoms with E-state index in [0.29, 0.717) is 25.2 Å². The first-order valence-corrected chi connectivity index (χ1v) is 16.5. The van der Waals surface area contributed by atoms with Gasteiger partial charge in [0.05, 0.1) is 10.6 Å². The van der Waals surface area contributed by atoms with Crippen molar-refractivity contribution in [2.45, 2.75) is 62.4 Å². The molecule has 9 nitrogen and oxygen atoms in total. The number of amides is 2. The van der Waals surface area contributed by atoms with E-state index in [2.05, 4.69) is 5.32 Å². The molecule has 0 saturated heterocycles. The monoisotopic (exact) mass is 623 g/mol. The second kappa shape index (κ2) is 14.1. The largest absolute Gasteiger partial charge is 0.486 e. The van der Waals surface area contributed by atoms with Gasteiger partial charge in [-0.05, 0) is 67.6 Å². The molecule has 3 aromatic carbocycles. The van der Waals surface area contributed by atoms with Crippen molar-refractivity contribution in [1.82, 2.24) is 10.2 Å². The van der Waals surface area contributed by atoms with Gasteiger partial charge in [-0.15, -0.1) is 0 Å². The molecular formula is C33H38FN3O6S. The zero-order valence-corrected chi connectivity index (χ0v) is 25.6. The van der Waals surface area contributed by atoms with Crippen LogP contribution in [0.5, 0.6) is 11.5 Å². The Kier molecular flexibility index (Phi) is 10.0. The summed E-state index contributed by atoms with van der Waals surface area (Å²) in [6, 6.07) is 18.1. The average Bonchev–Trinajstić information content (AvgIpc) is 3.55. The first-order valence-electron chi connectivity index (χ1n) is 15.1. The van der Waals surface area contributed by atoms with E-state index in [4.69, 9.17) is 9.47 Å². The van der Waals surface area contributed by atoms with Crippen molar-refractivity contribution in [3.63, 3.8) is 0 Å². The highest BCUT2D eigenvalue weighted by molar-refractivity contribution is 7.92. The van der Waals surface area contributed by atoms with Crippen molar-refractivity contribution in [3.05, 3.63) is 84.2 Å². The maximum atomic E-state index is 14.2. The molecule has 3 aromatic rings. The molecule has 1 heterocycles. The fourth-order valence-corrected chi connectivity index (χ4v) is 7.14. The molecule has 11 heteroatoms. The molecule has 2 aliphatic rings. The first kappa shape index (κ1) is 31.3. The molecule has 1 atom stereocenters. The summed E-state index contributed by atoms with van der Waals surface area (Å²) < 4.78 is 54.3. The van der Waals surface area contributed by atoms with Crippen molar-refractivity contribution in [2.75, 3.05) is 30.6 Å². The maximum Gasteiger partial charge on any atom is 0.264 e. The minimum absolute atomic E-state index is 0.0638. The van der Waals surface area contributed by atoms with Crippen LogP contribution in [-0.4, -0.2) is 63.5 Å². The number of carbonyl (C=O) groups excluding carboxylic acids is 2. The summed E-state index contributed by atoms with van der Waals surface area (Å²) >= 11 is 0. The summed E-state index contributed by atoms with van der Waals surface area (Å²) in [7, 11) is -4.34. The van der Waals surface area contributed by atoms with Crippen LogP contribution in [0.1, 0.15) is 44.6 Å². The Bertz CT molecular complexity index is 1550. The normalized spacial score (nSPS) is 15.4. The molecule has 0 aromatic heterocycles. The van der Waals surface area contributed by atoms with Crippen molar-refractivity contribution in [1.29, 1.82) is 0 Å². The molecule has 2 amide bonds. The highest BCUT2D eigenvalue weighted by atomic mass is 32.2. The van der Waals surface area contributed by atoms with Crippen molar-refractivity contribution < 1.29 is 31.9 Å². The van der Waals surface area contributed by atoms with Gasteiger partial charge in [0, 0.05) is 18.7 Å². The van der Waals surface area contributed by atoms with Crippen LogP contribution >= 0.6 is 0 Å². The van der Waals surface area contributed by atoms with Gasteiger partial charge in [0.1, 0.15) is 31.6 Å². The van der Waals surface area contributed by atoms with E-state index < -0.39 is 34.3 Å². The first-order chi connectivity index (χ1) is 21.3. The molecule has 1 N–H and O–H groups in total.